The van der Waals surface area contributed by atoms with Crippen LogP contribution in [0, 0.1) is 17.8 Å². The van der Waals surface area contributed by atoms with E-state index in [1.807, 2.05) is 64.1 Å². The molecular formula is C34H51N7O6. The predicted octanol–water partition coefficient (Wildman–Crippen LogP) is 2.52. The van der Waals surface area contributed by atoms with Crippen LogP contribution >= 0.6 is 0 Å². The zero-order valence-electron chi connectivity index (χ0n) is 28.8. The number of amides is 5. The molecule has 5 amide bonds. The molecule has 2 heterocycles. The second kappa shape index (κ2) is 16.1. The average Bonchev–Trinajstić information content (AvgIpc) is 3.34. The Hall–Kier alpha value is -4.23. The molecule has 1 aliphatic heterocycles. The lowest BCUT2D eigenvalue weighted by molar-refractivity contribution is -0.130. The first-order valence-electron chi connectivity index (χ1n) is 15.9. The van der Waals surface area contributed by atoms with Gasteiger partial charge in [0.05, 0.1) is 19.3 Å². The molecule has 0 bridgehead atoms. The topological polar surface area (TPSA) is 165 Å². The van der Waals surface area contributed by atoms with Crippen molar-refractivity contribution in [2.24, 2.45) is 10.8 Å². The van der Waals surface area contributed by atoms with Crippen LogP contribution in [-0.4, -0.2) is 94.8 Å². The summed E-state index contributed by atoms with van der Waals surface area (Å²) in [5.41, 5.74) is 6.92. The molecule has 47 heavy (non-hydrogen) atoms. The van der Waals surface area contributed by atoms with Gasteiger partial charge in [0, 0.05) is 38.6 Å². The first-order valence-corrected chi connectivity index (χ1v) is 15.9. The number of aliphatic hydroxyl groups excluding tert-OH is 1. The lowest BCUT2D eigenvalue weighted by Crippen LogP contribution is -2.60. The maximum Gasteiger partial charge on any atom is 0.407 e. The molecule has 4 atom stereocenters. The van der Waals surface area contributed by atoms with Gasteiger partial charge in [-0.05, 0) is 46.9 Å². The number of aryl methyl sites for hydroxylation is 1. The number of alkyl carbamates (subject to hydrolysis) is 1. The van der Waals surface area contributed by atoms with E-state index in [1.165, 1.54) is 7.11 Å². The van der Waals surface area contributed by atoms with Crippen LogP contribution < -0.4 is 21.5 Å². The Balaban J connectivity index is 1.75. The Morgan fingerprint density at radius 1 is 0.979 bits per heavy atom. The van der Waals surface area contributed by atoms with Gasteiger partial charge in [-0.3, -0.25) is 20.0 Å². The number of ether oxygens (including phenoxy) is 1. The highest BCUT2D eigenvalue weighted by atomic mass is 16.5. The Morgan fingerprint density at radius 3 is 2.26 bits per heavy atom. The summed E-state index contributed by atoms with van der Waals surface area (Å²) in [6, 6.07) is 8.59. The molecule has 1 aromatic carbocycles. The first-order chi connectivity index (χ1) is 22.0. The quantitative estimate of drug-likeness (QED) is 0.206. The monoisotopic (exact) mass is 653 g/mol. The van der Waals surface area contributed by atoms with Gasteiger partial charge in [0.15, 0.2) is 0 Å². The fourth-order valence-electron chi connectivity index (χ4n) is 5.58. The Kier molecular flexibility index (Phi) is 12.7. The lowest BCUT2D eigenvalue weighted by atomic mass is 9.84. The van der Waals surface area contributed by atoms with Crippen molar-refractivity contribution in [2.75, 3.05) is 26.7 Å². The molecule has 1 saturated heterocycles. The molecule has 258 valence electrons. The minimum absolute atomic E-state index is 0.111. The summed E-state index contributed by atoms with van der Waals surface area (Å²) in [6.07, 6.45) is 1.89. The van der Waals surface area contributed by atoms with Gasteiger partial charge in [0.2, 0.25) is 5.91 Å². The third-order valence-electron chi connectivity index (χ3n) is 8.21. The molecule has 0 unspecified atom stereocenters. The minimum Gasteiger partial charge on any atom is -0.453 e. The van der Waals surface area contributed by atoms with E-state index in [2.05, 4.69) is 31.2 Å². The first kappa shape index (κ1) is 37.2. The minimum atomic E-state index is -1.14. The normalized spacial score (nSPS) is 16.2. The van der Waals surface area contributed by atoms with E-state index >= 15 is 0 Å². The van der Waals surface area contributed by atoms with Gasteiger partial charge >= 0.3 is 12.1 Å². The van der Waals surface area contributed by atoms with Crippen LogP contribution in [0.3, 0.4) is 0 Å². The summed E-state index contributed by atoms with van der Waals surface area (Å²) < 4.78 is 4.66. The van der Waals surface area contributed by atoms with Gasteiger partial charge in [-0.15, -0.1) is 0 Å². The summed E-state index contributed by atoms with van der Waals surface area (Å²) in [5.74, 6) is -0.908. The van der Waals surface area contributed by atoms with E-state index in [0.717, 1.165) is 16.7 Å². The van der Waals surface area contributed by atoms with Crippen molar-refractivity contribution in [1.82, 2.24) is 36.3 Å². The molecular weight excluding hydrogens is 602 g/mol. The maximum atomic E-state index is 14.1. The molecule has 5 N–H and O–H groups in total. The second-order valence-electron chi connectivity index (χ2n) is 14.1. The fourth-order valence-corrected chi connectivity index (χ4v) is 5.58. The number of nitrogens with one attached hydrogen (secondary N) is 4. The second-order valence-corrected chi connectivity index (χ2v) is 14.1. The van der Waals surface area contributed by atoms with Gasteiger partial charge in [-0.2, -0.15) is 0 Å². The summed E-state index contributed by atoms with van der Waals surface area (Å²) >= 11 is 0. The van der Waals surface area contributed by atoms with Crippen LogP contribution in [0.15, 0.2) is 48.8 Å². The molecule has 0 spiro atoms. The van der Waals surface area contributed by atoms with Crippen LogP contribution in [0.5, 0.6) is 0 Å². The SMILES string of the molecule is COC(=O)N[C@H](C(=O)NNC[C@H](O)[C@H](Cc1ccccc1)NC(=O)[C@@H](N1CCN(Cc2cnccc2C)C1=O)C(C)(C)C)C(C)(C)C. The van der Waals surface area contributed by atoms with Crippen molar-refractivity contribution in [2.45, 2.75) is 85.7 Å². The highest BCUT2D eigenvalue weighted by molar-refractivity contribution is 5.89. The van der Waals surface area contributed by atoms with Crippen molar-refractivity contribution in [1.29, 1.82) is 0 Å². The van der Waals surface area contributed by atoms with E-state index in [4.69, 9.17) is 0 Å². The number of benzene rings is 1. The van der Waals surface area contributed by atoms with Crippen LogP contribution in [0.25, 0.3) is 0 Å². The number of rotatable bonds is 13. The van der Waals surface area contributed by atoms with Crippen molar-refractivity contribution in [3.8, 4) is 0 Å². The molecule has 2 aromatic rings. The Labute approximate surface area is 277 Å². The van der Waals surface area contributed by atoms with E-state index in [1.54, 1.807) is 43.0 Å². The molecule has 13 nitrogen and oxygen atoms in total. The molecule has 1 aliphatic rings. The number of hydrazine groups is 1. The van der Waals surface area contributed by atoms with Gasteiger partial charge in [-0.25, -0.2) is 15.0 Å². The summed E-state index contributed by atoms with van der Waals surface area (Å²) in [7, 11) is 1.21. The standard InChI is InChI=1S/C34H51N7O6/c1-22-14-15-35-19-24(22)21-40-16-17-41(32(40)46)28(34(5,6)7)30(44)37-25(18-23-12-10-9-11-13-23)26(42)20-36-39-29(43)27(33(2,3)4)38-31(45)47-8/h9-15,19,25-28,36,42H,16-18,20-21H2,1-8H3,(H,37,44)(H,38,45)(H,39,43)/t25-,26-,27+,28+/m0/s1. The Bertz CT molecular complexity index is 1380. The highest BCUT2D eigenvalue weighted by Gasteiger charge is 2.44. The largest absolute Gasteiger partial charge is 0.453 e. The number of carbonyl (C=O) groups excluding carboxylic acids is 4. The number of carbonyl (C=O) groups is 4. The number of methoxy groups -OCH3 is 1. The number of urea groups is 1. The third kappa shape index (κ3) is 10.4. The lowest BCUT2D eigenvalue weighted by Gasteiger charge is -2.38. The van der Waals surface area contributed by atoms with Crippen LogP contribution in [-0.2, 0) is 27.3 Å². The van der Waals surface area contributed by atoms with Crippen molar-refractivity contribution >= 4 is 23.9 Å². The van der Waals surface area contributed by atoms with Crippen molar-refractivity contribution in [3.05, 3.63) is 65.5 Å². The van der Waals surface area contributed by atoms with Gasteiger partial charge in [-0.1, -0.05) is 71.9 Å². The number of nitrogens with zero attached hydrogens (tertiary/aromatic N) is 3. The molecule has 0 radical (unpaired) electrons. The molecule has 0 aliphatic carbocycles. The molecule has 0 saturated carbocycles. The third-order valence-corrected chi connectivity index (χ3v) is 8.21. The number of aliphatic hydroxyl groups is 1. The zero-order chi connectivity index (χ0) is 34.9. The van der Waals surface area contributed by atoms with Gasteiger partial charge in [0.25, 0.3) is 5.91 Å². The highest BCUT2D eigenvalue weighted by Crippen LogP contribution is 2.29. The van der Waals surface area contributed by atoms with E-state index < -0.39 is 47.1 Å². The number of hydrogen-bond acceptors (Lipinski definition) is 8. The number of aromatic nitrogens is 1. The van der Waals surface area contributed by atoms with Crippen LogP contribution in [0.1, 0.15) is 58.2 Å². The fraction of sp³-hybridized carbons (Fsp3) is 0.559. The maximum absolute atomic E-state index is 14.1. The van der Waals surface area contributed by atoms with Crippen molar-refractivity contribution in [3.63, 3.8) is 0 Å². The summed E-state index contributed by atoms with van der Waals surface area (Å²) in [4.78, 5) is 60.0. The Morgan fingerprint density at radius 2 is 1.66 bits per heavy atom. The smallest absolute Gasteiger partial charge is 0.407 e. The van der Waals surface area contributed by atoms with Gasteiger partial charge in [0.1, 0.15) is 12.1 Å². The molecule has 1 aromatic heterocycles. The summed E-state index contributed by atoms with van der Waals surface area (Å²) in [5, 5.41) is 16.9. The predicted molar refractivity (Wildman–Crippen MR) is 178 cm³/mol. The van der Waals surface area contributed by atoms with E-state index in [0.29, 0.717) is 26.1 Å². The van der Waals surface area contributed by atoms with Gasteiger partial charge < -0.3 is 30.3 Å². The molecule has 13 heteroatoms. The zero-order valence-corrected chi connectivity index (χ0v) is 28.8. The van der Waals surface area contributed by atoms with Crippen LogP contribution in [0.2, 0.25) is 0 Å². The number of pyridine rings is 1. The van der Waals surface area contributed by atoms with E-state index in [9.17, 15) is 24.3 Å². The van der Waals surface area contributed by atoms with Crippen LogP contribution in [0.4, 0.5) is 9.59 Å². The van der Waals surface area contributed by atoms with E-state index in [-0.39, 0.29) is 18.5 Å². The summed E-state index contributed by atoms with van der Waals surface area (Å²) in [6.45, 7) is 14.2. The average molecular weight is 654 g/mol. The molecule has 1 fully saturated rings. The molecule has 3 rings (SSSR count). The van der Waals surface area contributed by atoms with Crippen molar-refractivity contribution < 1.29 is 29.0 Å². The number of hydrogen-bond donors (Lipinski definition) is 5.